The van der Waals surface area contributed by atoms with Crippen LogP contribution in [-0.4, -0.2) is 38.6 Å². The number of H-pyrrole nitrogens is 1. The molecule has 3 N–H and O–H groups in total. The molecule has 2 heterocycles. The summed E-state index contributed by atoms with van der Waals surface area (Å²) in [4.78, 5) is 25.5. The van der Waals surface area contributed by atoms with Crippen LogP contribution >= 0.6 is 0 Å². The third kappa shape index (κ3) is 2.67. The number of nitrogens with zero attached hydrogens (tertiary/aromatic N) is 1. The van der Waals surface area contributed by atoms with E-state index < -0.39 is 29.7 Å². The van der Waals surface area contributed by atoms with Crippen molar-refractivity contribution >= 4 is 6.08 Å². The highest BCUT2D eigenvalue weighted by Gasteiger charge is 2.35. The standard InChI is InChI=1S/C12H16N2O5/c1-2-3-7-5-14(12(18)13-11(7)17)10-4-8(16)9(6-15)19-10/h2-3,5,8-10,15-16H,4,6H2,1H3,(H,13,17,18)/b3-2+/t8-,9-,10?/m1/s1. The van der Waals surface area contributed by atoms with Gasteiger partial charge in [0.05, 0.1) is 18.3 Å². The predicted molar refractivity (Wildman–Crippen MR) is 67.7 cm³/mol. The summed E-state index contributed by atoms with van der Waals surface area (Å²) in [6.45, 7) is 1.43. The van der Waals surface area contributed by atoms with Crippen LogP contribution in [-0.2, 0) is 4.74 Å². The second kappa shape index (κ2) is 5.52. The maximum Gasteiger partial charge on any atom is 0.330 e. The number of aromatic nitrogens is 2. The molecule has 7 nitrogen and oxygen atoms in total. The summed E-state index contributed by atoms with van der Waals surface area (Å²) in [6, 6.07) is 0. The molecule has 0 amide bonds. The number of rotatable bonds is 3. The molecule has 1 aromatic heterocycles. The first-order valence-electron chi connectivity index (χ1n) is 5.99. The summed E-state index contributed by atoms with van der Waals surface area (Å²) in [5, 5.41) is 18.7. The third-order valence-electron chi connectivity index (χ3n) is 3.04. The van der Waals surface area contributed by atoms with Gasteiger partial charge < -0.3 is 14.9 Å². The summed E-state index contributed by atoms with van der Waals surface area (Å²) >= 11 is 0. The first-order valence-corrected chi connectivity index (χ1v) is 5.99. The van der Waals surface area contributed by atoms with Crippen LogP contribution in [0.5, 0.6) is 0 Å². The van der Waals surface area contributed by atoms with Gasteiger partial charge in [0.1, 0.15) is 12.3 Å². The minimum atomic E-state index is -0.834. The van der Waals surface area contributed by atoms with Crippen LogP contribution in [0.25, 0.3) is 6.08 Å². The van der Waals surface area contributed by atoms with Gasteiger partial charge in [0.25, 0.3) is 5.56 Å². The topological polar surface area (TPSA) is 105 Å². The fourth-order valence-corrected chi connectivity index (χ4v) is 2.06. The van der Waals surface area contributed by atoms with Crippen LogP contribution in [0.3, 0.4) is 0 Å². The number of aromatic amines is 1. The van der Waals surface area contributed by atoms with Gasteiger partial charge in [0.15, 0.2) is 0 Å². The molecular formula is C12H16N2O5. The summed E-state index contributed by atoms with van der Waals surface area (Å²) in [5.74, 6) is 0. The van der Waals surface area contributed by atoms with Crippen LogP contribution in [0.1, 0.15) is 25.1 Å². The Bertz CT molecular complexity index is 589. The summed E-state index contributed by atoms with van der Waals surface area (Å²) < 4.78 is 6.60. The highest BCUT2D eigenvalue weighted by molar-refractivity contribution is 5.45. The lowest BCUT2D eigenvalue weighted by atomic mass is 10.2. The van der Waals surface area contributed by atoms with Gasteiger partial charge in [-0.3, -0.25) is 14.3 Å². The Balaban J connectivity index is 2.38. The molecule has 2 rings (SSSR count). The monoisotopic (exact) mass is 268 g/mol. The van der Waals surface area contributed by atoms with Crippen LogP contribution in [0.15, 0.2) is 21.9 Å². The zero-order valence-electron chi connectivity index (χ0n) is 10.4. The van der Waals surface area contributed by atoms with Crippen molar-refractivity contribution in [1.29, 1.82) is 0 Å². The lowest BCUT2D eigenvalue weighted by molar-refractivity contribution is -0.0459. The fourth-order valence-electron chi connectivity index (χ4n) is 2.06. The molecule has 0 radical (unpaired) electrons. The van der Waals surface area contributed by atoms with Gasteiger partial charge in [0.2, 0.25) is 0 Å². The van der Waals surface area contributed by atoms with E-state index in [9.17, 15) is 14.7 Å². The van der Waals surface area contributed by atoms with E-state index in [2.05, 4.69) is 4.98 Å². The Kier molecular flexibility index (Phi) is 3.98. The van der Waals surface area contributed by atoms with Crippen molar-refractivity contribution in [2.45, 2.75) is 31.8 Å². The van der Waals surface area contributed by atoms with Crippen molar-refractivity contribution in [2.75, 3.05) is 6.61 Å². The molecule has 1 fully saturated rings. The first kappa shape index (κ1) is 13.7. The Labute approximate surface area is 108 Å². The Hall–Kier alpha value is -1.70. The second-order valence-corrected chi connectivity index (χ2v) is 4.37. The van der Waals surface area contributed by atoms with Gasteiger partial charge in [-0.2, -0.15) is 0 Å². The molecule has 19 heavy (non-hydrogen) atoms. The predicted octanol–water partition coefficient (Wildman–Crippen LogP) is -0.790. The van der Waals surface area contributed by atoms with Crippen molar-refractivity contribution in [3.8, 4) is 0 Å². The van der Waals surface area contributed by atoms with Gasteiger partial charge in [-0.05, 0) is 6.92 Å². The number of aliphatic hydroxyl groups excluding tert-OH is 2. The highest BCUT2D eigenvalue weighted by atomic mass is 16.5. The number of ether oxygens (including phenoxy) is 1. The number of nitrogens with one attached hydrogen (secondary N) is 1. The minimum Gasteiger partial charge on any atom is -0.394 e. The molecule has 0 bridgehead atoms. The molecule has 1 aliphatic heterocycles. The third-order valence-corrected chi connectivity index (χ3v) is 3.04. The minimum absolute atomic E-state index is 0.187. The number of hydrogen-bond donors (Lipinski definition) is 3. The average Bonchev–Trinajstić information content (AvgIpc) is 2.74. The molecule has 1 aliphatic rings. The smallest absolute Gasteiger partial charge is 0.330 e. The molecule has 0 saturated carbocycles. The van der Waals surface area contributed by atoms with Crippen molar-refractivity contribution < 1.29 is 14.9 Å². The van der Waals surface area contributed by atoms with E-state index in [1.165, 1.54) is 10.8 Å². The molecular weight excluding hydrogens is 252 g/mol. The maximum absolute atomic E-state index is 11.7. The normalized spacial score (nSPS) is 27.2. The summed E-state index contributed by atoms with van der Waals surface area (Å²) in [6.07, 6.45) is 2.59. The van der Waals surface area contributed by atoms with Crippen molar-refractivity contribution in [1.82, 2.24) is 9.55 Å². The van der Waals surface area contributed by atoms with Gasteiger partial charge >= 0.3 is 5.69 Å². The number of hydrogen-bond acceptors (Lipinski definition) is 5. The Morgan fingerprint density at radius 1 is 1.58 bits per heavy atom. The molecule has 7 heteroatoms. The highest BCUT2D eigenvalue weighted by Crippen LogP contribution is 2.27. The second-order valence-electron chi connectivity index (χ2n) is 4.37. The van der Waals surface area contributed by atoms with Gasteiger partial charge in [-0.1, -0.05) is 12.2 Å². The maximum atomic E-state index is 11.7. The zero-order chi connectivity index (χ0) is 14.0. The molecule has 0 aliphatic carbocycles. The van der Waals surface area contributed by atoms with Crippen molar-refractivity contribution in [3.05, 3.63) is 38.7 Å². The van der Waals surface area contributed by atoms with E-state index in [0.29, 0.717) is 5.56 Å². The lowest BCUT2D eigenvalue weighted by Crippen LogP contribution is -2.33. The van der Waals surface area contributed by atoms with E-state index in [1.807, 2.05) is 0 Å². The molecule has 1 saturated heterocycles. The van der Waals surface area contributed by atoms with Gasteiger partial charge in [-0.25, -0.2) is 4.79 Å². The van der Waals surface area contributed by atoms with E-state index >= 15 is 0 Å². The van der Waals surface area contributed by atoms with Crippen LogP contribution < -0.4 is 11.2 Å². The lowest BCUT2D eigenvalue weighted by Gasteiger charge is -2.14. The van der Waals surface area contributed by atoms with E-state index in [-0.39, 0.29) is 13.0 Å². The van der Waals surface area contributed by atoms with Crippen molar-refractivity contribution in [2.24, 2.45) is 0 Å². The van der Waals surface area contributed by atoms with Gasteiger partial charge in [0, 0.05) is 12.6 Å². The van der Waals surface area contributed by atoms with Crippen LogP contribution in [0, 0.1) is 0 Å². The van der Waals surface area contributed by atoms with Gasteiger partial charge in [-0.15, -0.1) is 0 Å². The summed E-state index contributed by atoms with van der Waals surface area (Å²) in [5.41, 5.74) is -0.752. The molecule has 0 aromatic carbocycles. The van der Waals surface area contributed by atoms with Crippen molar-refractivity contribution in [3.63, 3.8) is 0 Å². The molecule has 3 atom stereocenters. The fraction of sp³-hybridized carbons (Fsp3) is 0.500. The number of allylic oxidation sites excluding steroid dienone is 1. The first-order chi connectivity index (χ1) is 9.06. The van der Waals surface area contributed by atoms with Crippen LogP contribution in [0.2, 0.25) is 0 Å². The SMILES string of the molecule is C/C=C/c1cn(C2C[C@@H](O)[C@@H](CO)O2)c(=O)[nH]c1=O. The molecule has 1 unspecified atom stereocenters. The van der Waals surface area contributed by atoms with E-state index in [0.717, 1.165) is 0 Å². The quantitative estimate of drug-likeness (QED) is 0.666. The van der Waals surface area contributed by atoms with E-state index in [4.69, 9.17) is 9.84 Å². The molecule has 0 spiro atoms. The Morgan fingerprint density at radius 2 is 2.32 bits per heavy atom. The Morgan fingerprint density at radius 3 is 2.89 bits per heavy atom. The average molecular weight is 268 g/mol. The zero-order valence-corrected chi connectivity index (χ0v) is 10.4. The summed E-state index contributed by atoms with van der Waals surface area (Å²) in [7, 11) is 0. The van der Waals surface area contributed by atoms with E-state index in [1.54, 1.807) is 19.1 Å². The number of aliphatic hydroxyl groups is 2. The molecule has 1 aromatic rings. The van der Waals surface area contributed by atoms with Crippen LogP contribution in [0.4, 0.5) is 0 Å². The largest absolute Gasteiger partial charge is 0.394 e. The molecule has 104 valence electrons.